The lowest BCUT2D eigenvalue weighted by molar-refractivity contribution is -0.289. The molecule has 0 aromatic heterocycles. The van der Waals surface area contributed by atoms with E-state index in [4.69, 9.17) is 19.9 Å². The third-order valence-corrected chi connectivity index (χ3v) is 7.97. The van der Waals surface area contributed by atoms with Crippen LogP contribution >= 0.6 is 0 Å². The number of carbonyl (C=O) groups excluding carboxylic acids is 1. The highest BCUT2D eigenvalue weighted by Gasteiger charge is 2.45. The minimum atomic E-state index is -3.78. The molecule has 0 aliphatic carbocycles. The maximum absolute atomic E-state index is 13.1. The van der Waals surface area contributed by atoms with Crippen molar-refractivity contribution in [2.45, 2.75) is 44.1 Å². The van der Waals surface area contributed by atoms with Gasteiger partial charge in [-0.05, 0) is 31.7 Å². The number of hydroxylamine groups is 2. The molecule has 0 spiro atoms. The third kappa shape index (κ3) is 5.33. The topological polar surface area (TPSA) is 117 Å². The van der Waals surface area contributed by atoms with Crippen LogP contribution in [0.4, 0.5) is 0 Å². The summed E-state index contributed by atoms with van der Waals surface area (Å²) in [6, 6.07) is 8.09. The lowest BCUT2D eigenvalue weighted by Crippen LogP contribution is -2.53. The monoisotopic (exact) mass is 428 g/mol. The van der Waals surface area contributed by atoms with E-state index in [2.05, 4.69) is 0 Å². The Morgan fingerprint density at radius 1 is 1.21 bits per heavy atom. The number of hydrogen-bond acceptors (Lipinski definition) is 7. The number of sulfonamides is 1. The standard InChI is InChI=1S/C19H28N2O7S/c1-14-2-4-15(5-3-14)12-28-16-6-9-20(10-7-16)29(25,26)18-8-11-27-13-17(18)19(22)21(23)24/h2-5,16-18,23-24H,6-13H2,1H3. The number of ether oxygens (including phenoxy) is 2. The van der Waals surface area contributed by atoms with Gasteiger partial charge in [0.1, 0.15) is 0 Å². The summed E-state index contributed by atoms with van der Waals surface area (Å²) in [5.74, 6) is -2.21. The van der Waals surface area contributed by atoms with Gasteiger partial charge in [-0.2, -0.15) is 0 Å². The molecule has 2 N–H and O–H groups in total. The molecule has 10 heteroatoms. The molecule has 1 aromatic rings. The molecule has 0 saturated carbocycles. The van der Waals surface area contributed by atoms with E-state index < -0.39 is 32.3 Å². The smallest absolute Gasteiger partial charge is 0.279 e. The second-order valence-corrected chi connectivity index (χ2v) is 9.73. The highest BCUT2D eigenvalue weighted by Crippen LogP contribution is 2.28. The Balaban J connectivity index is 1.57. The van der Waals surface area contributed by atoms with Gasteiger partial charge >= 0.3 is 0 Å². The van der Waals surface area contributed by atoms with E-state index >= 15 is 0 Å². The van der Waals surface area contributed by atoms with Crippen LogP contribution < -0.4 is 0 Å². The van der Waals surface area contributed by atoms with Crippen molar-refractivity contribution in [2.24, 2.45) is 5.92 Å². The normalized spacial score (nSPS) is 24.4. The molecule has 29 heavy (non-hydrogen) atoms. The van der Waals surface area contributed by atoms with Gasteiger partial charge in [0.2, 0.25) is 10.0 Å². The van der Waals surface area contributed by atoms with Gasteiger partial charge in [0.15, 0.2) is 0 Å². The number of benzene rings is 1. The fraction of sp³-hybridized carbons (Fsp3) is 0.632. The number of aryl methyl sites for hydroxylation is 1. The van der Waals surface area contributed by atoms with Crippen LogP contribution in [0.2, 0.25) is 0 Å². The van der Waals surface area contributed by atoms with Crippen LogP contribution in [0.1, 0.15) is 30.4 Å². The van der Waals surface area contributed by atoms with Gasteiger partial charge in [0, 0.05) is 19.7 Å². The highest BCUT2D eigenvalue weighted by atomic mass is 32.2. The maximum atomic E-state index is 13.1. The molecule has 3 rings (SSSR count). The van der Waals surface area contributed by atoms with Gasteiger partial charge in [0.25, 0.3) is 5.91 Å². The van der Waals surface area contributed by atoms with Crippen LogP contribution in [0.25, 0.3) is 0 Å². The Labute approximate surface area is 170 Å². The molecule has 0 bridgehead atoms. The Bertz CT molecular complexity index is 789. The summed E-state index contributed by atoms with van der Waals surface area (Å²) in [6.45, 7) is 3.17. The zero-order valence-corrected chi connectivity index (χ0v) is 17.3. The zero-order chi connectivity index (χ0) is 21.0. The quantitative estimate of drug-likeness (QED) is 0.518. The van der Waals surface area contributed by atoms with Crippen LogP contribution in [0.15, 0.2) is 24.3 Å². The number of rotatable bonds is 6. The van der Waals surface area contributed by atoms with Crippen LogP contribution in [0, 0.1) is 12.8 Å². The molecular weight excluding hydrogens is 400 g/mol. The lowest BCUT2D eigenvalue weighted by Gasteiger charge is -2.37. The lowest BCUT2D eigenvalue weighted by atomic mass is 10.0. The summed E-state index contributed by atoms with van der Waals surface area (Å²) < 4.78 is 38.7. The average molecular weight is 429 g/mol. The first-order valence-corrected chi connectivity index (χ1v) is 11.2. The molecule has 1 aromatic carbocycles. The Morgan fingerprint density at radius 3 is 2.48 bits per heavy atom. The fourth-order valence-electron chi connectivity index (χ4n) is 3.80. The molecule has 2 atom stereocenters. The second-order valence-electron chi connectivity index (χ2n) is 7.58. The molecule has 9 nitrogen and oxygen atoms in total. The van der Waals surface area contributed by atoms with Crippen LogP contribution in [0.3, 0.4) is 0 Å². The molecule has 2 saturated heterocycles. The van der Waals surface area contributed by atoms with E-state index in [1.54, 1.807) is 0 Å². The first-order chi connectivity index (χ1) is 13.8. The first-order valence-electron chi connectivity index (χ1n) is 9.74. The molecule has 2 fully saturated rings. The van der Waals surface area contributed by atoms with Crippen LogP contribution in [0.5, 0.6) is 0 Å². The van der Waals surface area contributed by atoms with Crippen molar-refractivity contribution in [1.82, 2.24) is 9.53 Å². The predicted molar refractivity (Wildman–Crippen MR) is 103 cm³/mol. The summed E-state index contributed by atoms with van der Waals surface area (Å²) in [5, 5.41) is 16.5. The van der Waals surface area contributed by atoms with Crippen LogP contribution in [-0.4, -0.2) is 71.9 Å². The molecule has 2 aliphatic heterocycles. The van der Waals surface area contributed by atoms with Crippen molar-refractivity contribution < 1.29 is 33.1 Å². The van der Waals surface area contributed by atoms with Gasteiger partial charge in [0.05, 0.1) is 30.5 Å². The fourth-order valence-corrected chi connectivity index (χ4v) is 5.90. The number of carbonyl (C=O) groups is 1. The number of hydrogen-bond donors (Lipinski definition) is 2. The van der Waals surface area contributed by atoms with Crippen molar-refractivity contribution in [3.8, 4) is 0 Å². The van der Waals surface area contributed by atoms with Gasteiger partial charge < -0.3 is 9.47 Å². The summed E-state index contributed by atoms with van der Waals surface area (Å²) in [6.07, 6.45) is 1.24. The Hall–Kier alpha value is -1.56. The van der Waals surface area contributed by atoms with Crippen LogP contribution in [-0.2, 0) is 30.9 Å². The SMILES string of the molecule is Cc1ccc(COC2CCN(S(=O)(=O)C3CCOCC3C(=O)N(O)O)CC2)cc1. The maximum Gasteiger partial charge on any atom is 0.279 e. The van der Waals surface area contributed by atoms with Crippen molar-refractivity contribution in [3.63, 3.8) is 0 Å². The Kier molecular flexibility index (Phi) is 7.25. The van der Waals surface area contributed by atoms with Crippen molar-refractivity contribution in [1.29, 1.82) is 0 Å². The molecular formula is C19H28N2O7S. The minimum absolute atomic E-state index is 0.0275. The molecule has 162 valence electrons. The zero-order valence-electron chi connectivity index (χ0n) is 16.4. The number of amides is 1. The average Bonchev–Trinajstić information content (AvgIpc) is 2.73. The van der Waals surface area contributed by atoms with E-state index in [0.717, 1.165) is 5.56 Å². The molecule has 2 unspecified atom stereocenters. The third-order valence-electron chi connectivity index (χ3n) is 5.56. The largest absolute Gasteiger partial charge is 0.381 e. The van der Waals surface area contributed by atoms with Gasteiger partial charge in [-0.25, -0.2) is 12.7 Å². The second kappa shape index (κ2) is 9.50. The predicted octanol–water partition coefficient (Wildman–Crippen LogP) is 1.32. The summed E-state index contributed by atoms with van der Waals surface area (Å²) >= 11 is 0. The number of piperidine rings is 1. The van der Waals surface area contributed by atoms with E-state index in [9.17, 15) is 13.2 Å². The van der Waals surface area contributed by atoms with E-state index in [1.807, 2.05) is 31.2 Å². The minimum Gasteiger partial charge on any atom is -0.381 e. The van der Waals surface area contributed by atoms with E-state index in [0.29, 0.717) is 32.5 Å². The van der Waals surface area contributed by atoms with Gasteiger partial charge in [-0.15, -0.1) is 0 Å². The van der Waals surface area contributed by atoms with Crippen molar-refractivity contribution >= 4 is 15.9 Å². The molecule has 0 radical (unpaired) electrons. The molecule has 2 heterocycles. The van der Waals surface area contributed by atoms with E-state index in [1.165, 1.54) is 9.87 Å². The Morgan fingerprint density at radius 2 is 1.86 bits per heavy atom. The van der Waals surface area contributed by atoms with Crippen molar-refractivity contribution in [2.75, 3.05) is 26.3 Å². The highest BCUT2D eigenvalue weighted by molar-refractivity contribution is 7.89. The molecule has 1 amide bonds. The van der Waals surface area contributed by atoms with Gasteiger partial charge in [-0.1, -0.05) is 35.1 Å². The van der Waals surface area contributed by atoms with Gasteiger partial charge in [-0.3, -0.25) is 15.2 Å². The van der Waals surface area contributed by atoms with Crippen molar-refractivity contribution in [3.05, 3.63) is 35.4 Å². The summed E-state index contributed by atoms with van der Waals surface area (Å²) in [5.41, 5.74) is 2.26. The number of nitrogens with zero attached hydrogens (tertiary/aromatic N) is 2. The molecule has 2 aliphatic rings. The summed E-state index contributed by atoms with van der Waals surface area (Å²) in [4.78, 5) is 12.0. The van der Waals surface area contributed by atoms with E-state index in [-0.39, 0.29) is 25.7 Å². The first kappa shape index (κ1) is 22.1. The summed E-state index contributed by atoms with van der Waals surface area (Å²) in [7, 11) is -3.78.